The lowest BCUT2D eigenvalue weighted by Gasteiger charge is -2.15. The second kappa shape index (κ2) is 6.39. The predicted molar refractivity (Wildman–Crippen MR) is 62.1 cm³/mol. The van der Waals surface area contributed by atoms with Crippen LogP contribution in [0.3, 0.4) is 0 Å². The molecule has 0 unspecified atom stereocenters. The molecule has 0 fully saturated rings. The van der Waals surface area contributed by atoms with Gasteiger partial charge in [0.1, 0.15) is 0 Å². The summed E-state index contributed by atoms with van der Waals surface area (Å²) in [5.74, 6) is -1.39. The van der Waals surface area contributed by atoms with Crippen molar-refractivity contribution in [3.8, 4) is 0 Å². The van der Waals surface area contributed by atoms with Crippen LogP contribution in [0.1, 0.15) is 0 Å². The Labute approximate surface area is 104 Å². The molecule has 0 aromatic carbocycles. The third-order valence-corrected chi connectivity index (χ3v) is 2.25. The van der Waals surface area contributed by atoms with Crippen molar-refractivity contribution in [2.75, 3.05) is 20.8 Å². The summed E-state index contributed by atoms with van der Waals surface area (Å²) in [5, 5.41) is 0. The number of hydrogen-bond donors (Lipinski definition) is 0. The Morgan fingerprint density at radius 2 is 1.83 bits per heavy atom. The van der Waals surface area contributed by atoms with Crippen molar-refractivity contribution >= 4 is 18.3 Å². The summed E-state index contributed by atoms with van der Waals surface area (Å²) in [4.78, 5) is 35.2. The molecule has 6 nitrogen and oxygen atoms in total. The molecule has 0 atom stereocenters. The van der Waals surface area contributed by atoms with Gasteiger partial charge in [-0.1, -0.05) is 12.2 Å². The number of nitrogens with zero attached hydrogens (tertiary/aromatic N) is 1. The minimum Gasteiger partial charge on any atom is -0.465 e. The van der Waals surface area contributed by atoms with Gasteiger partial charge in [-0.05, 0) is 6.08 Å². The van der Waals surface area contributed by atoms with E-state index in [9.17, 15) is 14.4 Å². The number of hydrogen-bond acceptors (Lipinski definition) is 5. The number of carbonyl (C=O) groups is 3. The van der Waals surface area contributed by atoms with Crippen LogP contribution in [-0.2, 0) is 23.9 Å². The summed E-state index contributed by atoms with van der Waals surface area (Å²) >= 11 is 0. The van der Waals surface area contributed by atoms with Crippen LogP contribution in [-0.4, -0.2) is 44.0 Å². The van der Waals surface area contributed by atoms with E-state index in [1.807, 2.05) is 0 Å². The van der Waals surface area contributed by atoms with Gasteiger partial charge in [0, 0.05) is 12.7 Å². The van der Waals surface area contributed by atoms with Gasteiger partial charge in [-0.3, -0.25) is 4.79 Å². The number of esters is 2. The van der Waals surface area contributed by atoms with Crippen molar-refractivity contribution in [1.82, 2.24) is 4.90 Å². The molecule has 0 bridgehead atoms. The molecule has 0 spiro atoms. The van der Waals surface area contributed by atoms with E-state index in [1.54, 1.807) is 12.2 Å². The standard InChI is InChI=1S/C12H13NO5/c1-17-11(15)9-5-3-4-6-13(8-14)7-10(9)12(16)18-2/h3-5,7-8H,6H2,1-2H3/b4-3-,9-5+,10-7+. The maximum absolute atomic E-state index is 11.6. The number of amides is 1. The molecule has 18 heavy (non-hydrogen) atoms. The first-order chi connectivity index (χ1) is 8.63. The molecular weight excluding hydrogens is 238 g/mol. The molecule has 0 aromatic rings. The van der Waals surface area contributed by atoms with Gasteiger partial charge in [0.05, 0.1) is 25.4 Å². The maximum Gasteiger partial charge on any atom is 0.340 e. The van der Waals surface area contributed by atoms with E-state index >= 15 is 0 Å². The van der Waals surface area contributed by atoms with Gasteiger partial charge >= 0.3 is 11.9 Å². The first kappa shape index (κ1) is 13.7. The van der Waals surface area contributed by atoms with E-state index < -0.39 is 11.9 Å². The highest BCUT2D eigenvalue weighted by molar-refractivity contribution is 6.07. The summed E-state index contributed by atoms with van der Waals surface area (Å²) < 4.78 is 9.16. The number of methoxy groups -OCH3 is 2. The zero-order chi connectivity index (χ0) is 13.5. The zero-order valence-electron chi connectivity index (χ0n) is 10.1. The third-order valence-electron chi connectivity index (χ3n) is 2.25. The highest BCUT2D eigenvalue weighted by atomic mass is 16.5. The molecular formula is C12H13NO5. The van der Waals surface area contributed by atoms with E-state index in [-0.39, 0.29) is 11.1 Å². The molecule has 0 aliphatic carbocycles. The normalized spacial score (nSPS) is 22.4. The fourth-order valence-corrected chi connectivity index (χ4v) is 1.36. The molecule has 1 amide bonds. The number of allylic oxidation sites excluding steroid dienone is 2. The van der Waals surface area contributed by atoms with Crippen LogP contribution < -0.4 is 0 Å². The summed E-state index contributed by atoms with van der Waals surface area (Å²) in [6.45, 7) is 0.301. The van der Waals surface area contributed by atoms with Gasteiger partial charge in [-0.2, -0.15) is 0 Å². The molecule has 96 valence electrons. The highest BCUT2D eigenvalue weighted by Crippen LogP contribution is 2.16. The Balaban J connectivity index is 3.27. The van der Waals surface area contributed by atoms with Crippen molar-refractivity contribution in [1.29, 1.82) is 0 Å². The van der Waals surface area contributed by atoms with Crippen LogP contribution in [0.2, 0.25) is 0 Å². The molecule has 0 aromatic heterocycles. The first-order valence-electron chi connectivity index (χ1n) is 5.10. The van der Waals surface area contributed by atoms with Gasteiger partial charge in [0.25, 0.3) is 0 Å². The van der Waals surface area contributed by atoms with Gasteiger partial charge in [-0.15, -0.1) is 0 Å². The Morgan fingerprint density at radius 1 is 1.22 bits per heavy atom. The van der Waals surface area contributed by atoms with Gasteiger partial charge in [0.15, 0.2) is 0 Å². The van der Waals surface area contributed by atoms with Crippen LogP contribution >= 0.6 is 0 Å². The minimum absolute atomic E-state index is 0.0270. The van der Waals surface area contributed by atoms with E-state index in [2.05, 4.69) is 9.47 Å². The zero-order valence-corrected chi connectivity index (χ0v) is 10.1. The van der Waals surface area contributed by atoms with Crippen molar-refractivity contribution < 1.29 is 23.9 Å². The van der Waals surface area contributed by atoms with Crippen molar-refractivity contribution in [2.45, 2.75) is 0 Å². The molecule has 0 radical (unpaired) electrons. The average Bonchev–Trinajstić information content (AvgIpc) is 2.37. The lowest BCUT2D eigenvalue weighted by molar-refractivity contribution is -0.139. The summed E-state index contributed by atoms with van der Waals surface area (Å²) in [6.07, 6.45) is 6.48. The SMILES string of the molecule is COC(=O)C1=C/C=C\CN(C=O)/C=C\1C(=O)OC. The van der Waals surface area contributed by atoms with E-state index in [0.717, 1.165) is 0 Å². The Bertz CT molecular complexity index is 447. The molecule has 0 N–H and O–H groups in total. The number of ether oxygens (including phenoxy) is 2. The molecule has 1 heterocycles. The van der Waals surface area contributed by atoms with Gasteiger partial charge in [0.2, 0.25) is 6.41 Å². The molecule has 1 rings (SSSR count). The monoisotopic (exact) mass is 251 g/mol. The topological polar surface area (TPSA) is 72.9 Å². The largest absolute Gasteiger partial charge is 0.465 e. The summed E-state index contributed by atoms with van der Waals surface area (Å²) in [5.41, 5.74) is 0.00736. The Morgan fingerprint density at radius 3 is 2.39 bits per heavy atom. The van der Waals surface area contributed by atoms with Crippen molar-refractivity contribution in [3.05, 3.63) is 35.6 Å². The van der Waals surface area contributed by atoms with E-state index in [1.165, 1.54) is 31.4 Å². The van der Waals surface area contributed by atoms with Crippen LogP contribution in [0.4, 0.5) is 0 Å². The first-order valence-corrected chi connectivity index (χ1v) is 5.10. The Kier molecular flexibility index (Phi) is 4.86. The molecule has 0 saturated heterocycles. The third kappa shape index (κ3) is 3.07. The summed E-state index contributed by atoms with van der Waals surface area (Å²) in [6, 6.07) is 0. The quantitative estimate of drug-likeness (QED) is 0.528. The second-order valence-corrected chi connectivity index (χ2v) is 3.34. The van der Waals surface area contributed by atoms with Crippen LogP contribution in [0.5, 0.6) is 0 Å². The van der Waals surface area contributed by atoms with Gasteiger partial charge in [-0.25, -0.2) is 9.59 Å². The fraction of sp³-hybridized carbons (Fsp3) is 0.250. The van der Waals surface area contributed by atoms with E-state index in [4.69, 9.17) is 0 Å². The predicted octanol–water partition coefficient (Wildman–Crippen LogP) is 0.171. The van der Waals surface area contributed by atoms with Crippen molar-refractivity contribution in [2.24, 2.45) is 0 Å². The average molecular weight is 251 g/mol. The van der Waals surface area contributed by atoms with E-state index in [0.29, 0.717) is 13.0 Å². The second-order valence-electron chi connectivity index (χ2n) is 3.34. The number of carbonyl (C=O) groups excluding carboxylic acids is 3. The van der Waals surface area contributed by atoms with Crippen LogP contribution in [0.25, 0.3) is 0 Å². The molecule has 1 aliphatic heterocycles. The fourth-order valence-electron chi connectivity index (χ4n) is 1.36. The van der Waals surface area contributed by atoms with Crippen LogP contribution in [0, 0.1) is 0 Å². The van der Waals surface area contributed by atoms with Gasteiger partial charge < -0.3 is 14.4 Å². The van der Waals surface area contributed by atoms with Crippen LogP contribution in [0.15, 0.2) is 35.6 Å². The Hall–Kier alpha value is -2.37. The molecule has 6 heteroatoms. The lowest BCUT2D eigenvalue weighted by Crippen LogP contribution is -2.22. The smallest absolute Gasteiger partial charge is 0.340 e. The lowest BCUT2D eigenvalue weighted by atomic mass is 10.1. The molecule has 0 saturated carbocycles. The summed E-state index contributed by atoms with van der Waals surface area (Å²) in [7, 11) is 2.40. The number of rotatable bonds is 3. The highest BCUT2D eigenvalue weighted by Gasteiger charge is 2.23. The minimum atomic E-state index is -0.714. The molecule has 1 aliphatic rings. The maximum atomic E-state index is 11.6. The van der Waals surface area contributed by atoms with Crippen molar-refractivity contribution in [3.63, 3.8) is 0 Å².